The van der Waals surface area contributed by atoms with E-state index in [-0.39, 0.29) is 5.92 Å². The van der Waals surface area contributed by atoms with E-state index >= 15 is 0 Å². The summed E-state index contributed by atoms with van der Waals surface area (Å²) >= 11 is 0. The molecule has 0 radical (unpaired) electrons. The number of carboxylic acid groups (broad SMARTS) is 1. The van der Waals surface area contributed by atoms with Crippen LogP contribution < -0.4 is 0 Å². The summed E-state index contributed by atoms with van der Waals surface area (Å²) in [5.41, 5.74) is 1.88. The molecule has 24 heavy (non-hydrogen) atoms. The van der Waals surface area contributed by atoms with Crippen LogP contribution in [0.1, 0.15) is 36.8 Å². The third-order valence-electron chi connectivity index (χ3n) is 6.50. The van der Waals surface area contributed by atoms with Crippen molar-refractivity contribution in [3.8, 4) is 0 Å². The molecule has 2 atom stereocenters. The van der Waals surface area contributed by atoms with Crippen LogP contribution in [0.2, 0.25) is 0 Å². The maximum Gasteiger partial charge on any atom is 0.312 e. The molecule has 5 nitrogen and oxygen atoms in total. The zero-order chi connectivity index (χ0) is 16.7. The SMILES string of the molecule is Cc1cnccc1CN1C[C@@H]2CN(C3CCCC3)C[C@]2(C(=O)O)C1. The Morgan fingerprint density at radius 2 is 2.12 bits per heavy atom. The standard InChI is InChI=1S/C19H27N3O2/c1-14-8-20-7-6-15(14)9-21-10-16-11-22(17-4-2-3-5-17)13-19(16,12-21)18(23)24/h6-8,16-17H,2-5,9-13H2,1H3,(H,23,24)/t16-,19-/m1/s1. The molecule has 0 aromatic carbocycles. The minimum absolute atomic E-state index is 0.262. The molecule has 1 aromatic heterocycles. The summed E-state index contributed by atoms with van der Waals surface area (Å²) in [6, 6.07) is 2.68. The topological polar surface area (TPSA) is 56.7 Å². The third-order valence-corrected chi connectivity index (χ3v) is 6.50. The van der Waals surface area contributed by atoms with Gasteiger partial charge in [0.2, 0.25) is 0 Å². The van der Waals surface area contributed by atoms with Crippen molar-refractivity contribution >= 4 is 5.97 Å². The Morgan fingerprint density at radius 1 is 1.33 bits per heavy atom. The van der Waals surface area contributed by atoms with Gasteiger partial charge in [-0.05, 0) is 37.0 Å². The zero-order valence-electron chi connectivity index (χ0n) is 14.4. The summed E-state index contributed by atoms with van der Waals surface area (Å²) in [6.45, 7) is 6.19. The molecular formula is C19H27N3O2. The number of aromatic nitrogens is 1. The minimum atomic E-state index is -0.595. The Balaban J connectivity index is 1.49. The van der Waals surface area contributed by atoms with Gasteiger partial charge in [0.1, 0.15) is 0 Å². The van der Waals surface area contributed by atoms with E-state index in [9.17, 15) is 9.90 Å². The molecule has 3 fully saturated rings. The lowest BCUT2D eigenvalue weighted by Crippen LogP contribution is -2.42. The van der Waals surface area contributed by atoms with Crippen LogP contribution in [0.25, 0.3) is 0 Å². The van der Waals surface area contributed by atoms with Gasteiger partial charge >= 0.3 is 5.97 Å². The predicted octanol–water partition coefficient (Wildman–Crippen LogP) is 2.15. The number of hydrogen-bond donors (Lipinski definition) is 1. The molecule has 1 aromatic rings. The van der Waals surface area contributed by atoms with Crippen LogP contribution in [-0.4, -0.2) is 58.1 Å². The fourth-order valence-electron chi connectivity index (χ4n) is 5.10. The fraction of sp³-hybridized carbons (Fsp3) is 0.684. The van der Waals surface area contributed by atoms with Gasteiger partial charge in [-0.1, -0.05) is 12.8 Å². The van der Waals surface area contributed by atoms with Gasteiger partial charge in [0.05, 0.1) is 5.41 Å². The number of aliphatic carboxylic acids is 1. The molecule has 0 bridgehead atoms. The average molecular weight is 329 g/mol. The number of carbonyl (C=O) groups is 1. The largest absolute Gasteiger partial charge is 0.481 e. The molecule has 0 unspecified atom stereocenters. The molecule has 5 heteroatoms. The number of pyridine rings is 1. The summed E-state index contributed by atoms with van der Waals surface area (Å²) in [4.78, 5) is 21.1. The number of fused-ring (bicyclic) bond motifs is 1. The van der Waals surface area contributed by atoms with E-state index in [4.69, 9.17) is 0 Å². The first-order chi connectivity index (χ1) is 11.6. The molecule has 1 aliphatic carbocycles. The molecule has 3 aliphatic rings. The molecule has 0 spiro atoms. The van der Waals surface area contributed by atoms with Gasteiger partial charge < -0.3 is 5.11 Å². The molecule has 4 rings (SSSR count). The quantitative estimate of drug-likeness (QED) is 0.917. The molecule has 2 saturated heterocycles. The van der Waals surface area contributed by atoms with Gasteiger partial charge in [0.25, 0.3) is 0 Å². The second kappa shape index (κ2) is 6.12. The van der Waals surface area contributed by atoms with E-state index < -0.39 is 11.4 Å². The lowest BCUT2D eigenvalue weighted by Gasteiger charge is -2.29. The summed E-state index contributed by atoms with van der Waals surface area (Å²) in [7, 11) is 0. The Kier molecular flexibility index (Phi) is 4.09. The molecule has 0 amide bonds. The minimum Gasteiger partial charge on any atom is -0.481 e. The van der Waals surface area contributed by atoms with Gasteiger partial charge in [-0.2, -0.15) is 0 Å². The van der Waals surface area contributed by atoms with E-state index in [0.29, 0.717) is 12.6 Å². The average Bonchev–Trinajstić information content (AvgIpc) is 3.23. The van der Waals surface area contributed by atoms with Gasteiger partial charge in [0, 0.05) is 57.1 Å². The highest BCUT2D eigenvalue weighted by atomic mass is 16.4. The molecule has 2 aliphatic heterocycles. The molecular weight excluding hydrogens is 302 g/mol. The first kappa shape index (κ1) is 16.0. The highest BCUT2D eigenvalue weighted by molar-refractivity contribution is 5.77. The van der Waals surface area contributed by atoms with Crippen LogP contribution in [0.15, 0.2) is 18.5 Å². The van der Waals surface area contributed by atoms with Gasteiger partial charge in [-0.25, -0.2) is 0 Å². The van der Waals surface area contributed by atoms with Crippen molar-refractivity contribution in [1.29, 1.82) is 0 Å². The first-order valence-electron chi connectivity index (χ1n) is 9.18. The molecule has 1 saturated carbocycles. The number of hydrogen-bond acceptors (Lipinski definition) is 4. The van der Waals surface area contributed by atoms with E-state index in [0.717, 1.165) is 26.2 Å². The van der Waals surface area contributed by atoms with Crippen LogP contribution in [-0.2, 0) is 11.3 Å². The second-order valence-corrected chi connectivity index (χ2v) is 8.00. The smallest absolute Gasteiger partial charge is 0.312 e. The van der Waals surface area contributed by atoms with Crippen LogP contribution in [0.4, 0.5) is 0 Å². The normalized spacial score (nSPS) is 31.6. The Hall–Kier alpha value is -1.46. The Morgan fingerprint density at radius 3 is 2.79 bits per heavy atom. The molecule has 3 heterocycles. The van der Waals surface area contributed by atoms with Gasteiger partial charge in [0.15, 0.2) is 0 Å². The van der Waals surface area contributed by atoms with Crippen molar-refractivity contribution in [3.63, 3.8) is 0 Å². The van der Waals surface area contributed by atoms with E-state index in [2.05, 4.69) is 27.8 Å². The number of likely N-dealkylation sites (tertiary alicyclic amines) is 2. The fourth-order valence-corrected chi connectivity index (χ4v) is 5.10. The lowest BCUT2D eigenvalue weighted by molar-refractivity contribution is -0.149. The Bertz CT molecular complexity index is 629. The zero-order valence-corrected chi connectivity index (χ0v) is 14.4. The Labute approximate surface area is 143 Å². The van der Waals surface area contributed by atoms with Crippen LogP contribution in [0.3, 0.4) is 0 Å². The van der Waals surface area contributed by atoms with E-state index in [1.165, 1.54) is 36.8 Å². The van der Waals surface area contributed by atoms with Crippen molar-refractivity contribution in [2.45, 2.75) is 45.2 Å². The van der Waals surface area contributed by atoms with E-state index in [1.54, 1.807) is 0 Å². The highest BCUT2D eigenvalue weighted by Gasteiger charge is 2.58. The van der Waals surface area contributed by atoms with Crippen LogP contribution >= 0.6 is 0 Å². The third kappa shape index (κ3) is 2.64. The number of aryl methyl sites for hydroxylation is 1. The van der Waals surface area contributed by atoms with Gasteiger partial charge in [-0.15, -0.1) is 0 Å². The maximum atomic E-state index is 12.2. The van der Waals surface area contributed by atoms with Crippen molar-refractivity contribution in [2.24, 2.45) is 11.3 Å². The number of carboxylic acids is 1. The number of nitrogens with zero attached hydrogens (tertiary/aromatic N) is 3. The predicted molar refractivity (Wildman–Crippen MR) is 91.6 cm³/mol. The monoisotopic (exact) mass is 329 g/mol. The summed E-state index contributed by atoms with van der Waals surface area (Å²) in [5.74, 6) is -0.334. The van der Waals surface area contributed by atoms with Crippen LogP contribution in [0.5, 0.6) is 0 Å². The van der Waals surface area contributed by atoms with Crippen molar-refractivity contribution in [1.82, 2.24) is 14.8 Å². The maximum absolute atomic E-state index is 12.2. The highest BCUT2D eigenvalue weighted by Crippen LogP contribution is 2.45. The second-order valence-electron chi connectivity index (χ2n) is 8.00. The van der Waals surface area contributed by atoms with Crippen molar-refractivity contribution in [2.75, 3.05) is 26.2 Å². The van der Waals surface area contributed by atoms with Crippen LogP contribution in [0, 0.1) is 18.3 Å². The lowest BCUT2D eigenvalue weighted by atomic mass is 9.81. The molecule has 1 N–H and O–H groups in total. The number of rotatable bonds is 4. The summed E-state index contributed by atoms with van der Waals surface area (Å²) in [6.07, 6.45) is 8.83. The van der Waals surface area contributed by atoms with E-state index in [1.807, 2.05) is 12.4 Å². The van der Waals surface area contributed by atoms with Crippen molar-refractivity contribution in [3.05, 3.63) is 29.6 Å². The summed E-state index contributed by atoms with van der Waals surface area (Å²) in [5, 5.41) is 10.0. The molecule has 130 valence electrons. The van der Waals surface area contributed by atoms with Gasteiger partial charge in [-0.3, -0.25) is 19.6 Å². The summed E-state index contributed by atoms with van der Waals surface area (Å²) < 4.78 is 0. The first-order valence-corrected chi connectivity index (χ1v) is 9.18. The van der Waals surface area contributed by atoms with Crippen molar-refractivity contribution < 1.29 is 9.90 Å².